The number of hydrazone groups is 1. The highest BCUT2D eigenvalue weighted by atomic mass is 16.6. The Bertz CT molecular complexity index is 823. The summed E-state index contributed by atoms with van der Waals surface area (Å²) in [7, 11) is 1.31. The van der Waals surface area contributed by atoms with E-state index in [1.54, 1.807) is 12.1 Å². The SMILES string of the molecule is COc1cc([N+](=O)[O-])cc(C=NNc2ccccc2)c1OC(C)C(=O)O. The van der Waals surface area contributed by atoms with E-state index < -0.39 is 17.0 Å². The second kappa shape index (κ2) is 8.47. The van der Waals surface area contributed by atoms with Crippen molar-refractivity contribution in [1.29, 1.82) is 0 Å². The van der Waals surface area contributed by atoms with Crippen LogP contribution in [0.25, 0.3) is 0 Å². The molecule has 1 unspecified atom stereocenters. The van der Waals surface area contributed by atoms with Crippen molar-refractivity contribution in [2.24, 2.45) is 5.10 Å². The van der Waals surface area contributed by atoms with E-state index >= 15 is 0 Å². The Morgan fingerprint density at radius 1 is 1.35 bits per heavy atom. The number of para-hydroxylation sites is 1. The maximum absolute atomic E-state index is 11.1. The normalized spacial score (nSPS) is 11.8. The van der Waals surface area contributed by atoms with Crippen LogP contribution >= 0.6 is 0 Å². The number of nitro groups is 1. The van der Waals surface area contributed by atoms with Gasteiger partial charge >= 0.3 is 5.97 Å². The Kier molecular flexibility index (Phi) is 6.10. The maximum atomic E-state index is 11.1. The van der Waals surface area contributed by atoms with Gasteiger partial charge in [-0.2, -0.15) is 5.10 Å². The molecule has 2 aromatic rings. The molecule has 0 saturated carbocycles. The molecule has 0 radical (unpaired) electrons. The number of ether oxygens (including phenoxy) is 2. The van der Waals surface area contributed by atoms with Crippen molar-refractivity contribution >= 4 is 23.6 Å². The molecule has 0 aliphatic heterocycles. The largest absolute Gasteiger partial charge is 0.493 e. The highest BCUT2D eigenvalue weighted by molar-refractivity contribution is 5.87. The van der Waals surface area contributed by atoms with Gasteiger partial charge in [0.2, 0.25) is 0 Å². The Labute approximate surface area is 149 Å². The number of non-ortho nitro benzene ring substituents is 1. The Morgan fingerprint density at radius 2 is 2.04 bits per heavy atom. The second-order valence-corrected chi connectivity index (χ2v) is 5.16. The molecule has 9 nitrogen and oxygen atoms in total. The zero-order valence-electron chi connectivity index (χ0n) is 14.1. The maximum Gasteiger partial charge on any atom is 0.344 e. The van der Waals surface area contributed by atoms with E-state index in [2.05, 4.69) is 10.5 Å². The van der Waals surface area contributed by atoms with Gasteiger partial charge in [0.05, 0.1) is 30.0 Å². The van der Waals surface area contributed by atoms with Gasteiger partial charge in [-0.15, -0.1) is 0 Å². The lowest BCUT2D eigenvalue weighted by molar-refractivity contribution is -0.385. The van der Waals surface area contributed by atoms with Crippen molar-refractivity contribution in [3.8, 4) is 11.5 Å². The quantitative estimate of drug-likeness (QED) is 0.422. The van der Waals surface area contributed by atoms with E-state index in [1.165, 1.54) is 26.3 Å². The molecule has 0 fully saturated rings. The summed E-state index contributed by atoms with van der Waals surface area (Å²) in [5, 5.41) is 24.2. The molecule has 0 spiro atoms. The summed E-state index contributed by atoms with van der Waals surface area (Å²) in [5.41, 5.74) is 3.44. The van der Waals surface area contributed by atoms with Crippen LogP contribution in [0.3, 0.4) is 0 Å². The topological polar surface area (TPSA) is 123 Å². The average Bonchev–Trinajstić information content (AvgIpc) is 2.63. The van der Waals surface area contributed by atoms with Gasteiger partial charge in [0.1, 0.15) is 0 Å². The number of rotatable bonds is 8. The third kappa shape index (κ3) is 4.69. The first-order chi connectivity index (χ1) is 12.4. The zero-order chi connectivity index (χ0) is 19.1. The van der Waals surface area contributed by atoms with E-state index in [9.17, 15) is 14.9 Å². The average molecular weight is 359 g/mol. The van der Waals surface area contributed by atoms with Crippen molar-refractivity contribution in [3.05, 3.63) is 58.1 Å². The predicted molar refractivity (Wildman–Crippen MR) is 95.0 cm³/mol. The van der Waals surface area contributed by atoms with E-state index in [0.29, 0.717) is 5.69 Å². The fourth-order valence-corrected chi connectivity index (χ4v) is 2.00. The summed E-state index contributed by atoms with van der Waals surface area (Å²) in [6.45, 7) is 1.34. The number of carboxylic acids is 1. The number of nitrogens with one attached hydrogen (secondary N) is 1. The summed E-state index contributed by atoms with van der Waals surface area (Å²) in [5.74, 6) is -1.10. The third-order valence-corrected chi connectivity index (χ3v) is 3.31. The fraction of sp³-hybridized carbons (Fsp3) is 0.176. The first kappa shape index (κ1) is 18.7. The minimum atomic E-state index is -1.18. The number of carboxylic acid groups (broad SMARTS) is 1. The van der Waals surface area contributed by atoms with Crippen molar-refractivity contribution in [2.75, 3.05) is 12.5 Å². The molecule has 2 aromatic carbocycles. The molecule has 2 N–H and O–H groups in total. The monoisotopic (exact) mass is 359 g/mol. The summed E-state index contributed by atoms with van der Waals surface area (Å²) in [6.07, 6.45) is 0.117. The lowest BCUT2D eigenvalue weighted by Crippen LogP contribution is -2.23. The van der Waals surface area contributed by atoms with Crippen LogP contribution in [0, 0.1) is 10.1 Å². The van der Waals surface area contributed by atoms with Gasteiger partial charge in [-0.25, -0.2) is 4.79 Å². The number of nitrogens with zero attached hydrogens (tertiary/aromatic N) is 2. The van der Waals surface area contributed by atoms with Crippen molar-refractivity contribution in [1.82, 2.24) is 0 Å². The molecule has 0 aliphatic rings. The fourth-order valence-electron chi connectivity index (χ4n) is 2.00. The van der Waals surface area contributed by atoms with Crippen LogP contribution in [-0.4, -0.2) is 35.4 Å². The van der Waals surface area contributed by atoms with Gasteiger partial charge in [0, 0.05) is 11.6 Å². The van der Waals surface area contributed by atoms with Crippen LogP contribution in [0.2, 0.25) is 0 Å². The van der Waals surface area contributed by atoms with Gasteiger partial charge in [0.15, 0.2) is 17.6 Å². The van der Waals surface area contributed by atoms with Gasteiger partial charge in [-0.05, 0) is 19.1 Å². The molecule has 0 amide bonds. The number of methoxy groups -OCH3 is 1. The molecule has 0 bridgehead atoms. The molecule has 0 heterocycles. The number of carbonyl (C=O) groups is 1. The lowest BCUT2D eigenvalue weighted by Gasteiger charge is -2.15. The van der Waals surface area contributed by atoms with E-state index in [4.69, 9.17) is 14.6 Å². The number of hydrogen-bond acceptors (Lipinski definition) is 7. The first-order valence-corrected chi connectivity index (χ1v) is 7.52. The van der Waals surface area contributed by atoms with Gasteiger partial charge < -0.3 is 14.6 Å². The molecule has 0 saturated heterocycles. The highest BCUT2D eigenvalue weighted by Crippen LogP contribution is 2.35. The van der Waals surface area contributed by atoms with E-state index in [1.807, 2.05) is 18.2 Å². The predicted octanol–water partition coefficient (Wildman–Crippen LogP) is 2.90. The van der Waals surface area contributed by atoms with E-state index in [-0.39, 0.29) is 22.7 Å². The minimum absolute atomic E-state index is 0.0356. The summed E-state index contributed by atoms with van der Waals surface area (Å²) in [6, 6.07) is 11.4. The van der Waals surface area contributed by atoms with Crippen molar-refractivity contribution in [3.63, 3.8) is 0 Å². The molecule has 0 aromatic heterocycles. The Morgan fingerprint density at radius 3 is 2.62 bits per heavy atom. The summed E-state index contributed by atoms with van der Waals surface area (Å²) < 4.78 is 10.5. The first-order valence-electron chi connectivity index (χ1n) is 7.52. The van der Waals surface area contributed by atoms with Crippen LogP contribution in [0.4, 0.5) is 11.4 Å². The molecule has 1 atom stereocenters. The molecule has 0 aliphatic carbocycles. The molecular weight excluding hydrogens is 342 g/mol. The number of aliphatic carboxylic acids is 1. The van der Waals surface area contributed by atoms with Crippen LogP contribution in [0.5, 0.6) is 11.5 Å². The third-order valence-electron chi connectivity index (χ3n) is 3.31. The second-order valence-electron chi connectivity index (χ2n) is 5.16. The number of anilines is 1. The van der Waals surface area contributed by atoms with Crippen LogP contribution < -0.4 is 14.9 Å². The van der Waals surface area contributed by atoms with Crippen LogP contribution in [0.1, 0.15) is 12.5 Å². The van der Waals surface area contributed by atoms with Gasteiger partial charge in [0.25, 0.3) is 5.69 Å². The molecule has 26 heavy (non-hydrogen) atoms. The van der Waals surface area contributed by atoms with Crippen molar-refractivity contribution < 1.29 is 24.3 Å². The van der Waals surface area contributed by atoms with E-state index in [0.717, 1.165) is 6.07 Å². The Hall–Kier alpha value is -3.62. The van der Waals surface area contributed by atoms with Crippen LogP contribution in [-0.2, 0) is 4.79 Å². The van der Waals surface area contributed by atoms with Gasteiger partial charge in [-0.1, -0.05) is 18.2 Å². The molecular formula is C17H17N3O6. The standard InChI is InChI=1S/C17H17N3O6/c1-11(17(21)22)26-16-12(8-14(20(23)24)9-15(16)25-2)10-18-19-13-6-4-3-5-7-13/h3-11,19H,1-2H3,(H,21,22). The summed E-state index contributed by atoms with van der Waals surface area (Å²) in [4.78, 5) is 21.6. The van der Waals surface area contributed by atoms with Crippen molar-refractivity contribution in [2.45, 2.75) is 13.0 Å². The molecule has 2 rings (SSSR count). The van der Waals surface area contributed by atoms with Gasteiger partial charge in [-0.3, -0.25) is 15.5 Å². The Balaban J connectivity index is 2.40. The minimum Gasteiger partial charge on any atom is -0.493 e. The zero-order valence-corrected chi connectivity index (χ0v) is 14.1. The van der Waals surface area contributed by atoms with Crippen LogP contribution in [0.15, 0.2) is 47.6 Å². The smallest absolute Gasteiger partial charge is 0.344 e. The number of benzene rings is 2. The summed E-state index contributed by atoms with van der Waals surface area (Å²) >= 11 is 0. The lowest BCUT2D eigenvalue weighted by atomic mass is 10.1. The molecule has 136 valence electrons. The number of nitro benzene ring substituents is 1. The molecule has 9 heteroatoms. The number of hydrogen-bond donors (Lipinski definition) is 2. The highest BCUT2D eigenvalue weighted by Gasteiger charge is 2.22.